The van der Waals surface area contributed by atoms with Crippen molar-refractivity contribution in [2.45, 2.75) is 36.6 Å². The highest BCUT2D eigenvalue weighted by molar-refractivity contribution is 8.00. The number of fused-ring (bicyclic) bond motifs is 3. The molecule has 0 fully saturated rings. The Bertz CT molecular complexity index is 1120. The van der Waals surface area contributed by atoms with Crippen molar-refractivity contribution in [3.8, 4) is 11.4 Å². The molecule has 2 heterocycles. The van der Waals surface area contributed by atoms with Crippen LogP contribution in [0.4, 0.5) is 0 Å². The normalized spacial score (nSPS) is 14.1. The van der Waals surface area contributed by atoms with Crippen molar-refractivity contribution in [2.24, 2.45) is 0 Å². The summed E-state index contributed by atoms with van der Waals surface area (Å²) in [6.45, 7) is 1.75. The van der Waals surface area contributed by atoms with Gasteiger partial charge >= 0.3 is 5.97 Å². The summed E-state index contributed by atoms with van der Waals surface area (Å²) in [6, 6.07) is 7.30. The monoisotopic (exact) mass is 416 g/mol. The van der Waals surface area contributed by atoms with E-state index in [0.29, 0.717) is 22.0 Å². The summed E-state index contributed by atoms with van der Waals surface area (Å²) in [6.07, 6.45) is 2.98. The van der Waals surface area contributed by atoms with Crippen molar-refractivity contribution >= 4 is 39.3 Å². The zero-order chi connectivity index (χ0) is 19.8. The summed E-state index contributed by atoms with van der Waals surface area (Å²) >= 11 is 2.81. The summed E-state index contributed by atoms with van der Waals surface area (Å²) in [5.74, 6) is 0.294. The van der Waals surface area contributed by atoms with Crippen LogP contribution in [0.5, 0.6) is 5.75 Å². The van der Waals surface area contributed by atoms with E-state index in [0.717, 1.165) is 29.7 Å². The summed E-state index contributed by atoms with van der Waals surface area (Å²) in [5.41, 5.74) is 1.69. The number of aromatic nitrogens is 2. The maximum Gasteiger partial charge on any atom is 0.318 e. The molecule has 28 heavy (non-hydrogen) atoms. The van der Waals surface area contributed by atoms with Gasteiger partial charge in [-0.25, -0.2) is 4.98 Å². The molecule has 1 aromatic carbocycles. The van der Waals surface area contributed by atoms with Gasteiger partial charge in [0.05, 0.1) is 25.3 Å². The zero-order valence-electron chi connectivity index (χ0n) is 15.9. The van der Waals surface area contributed by atoms with Crippen LogP contribution in [0.25, 0.3) is 15.9 Å². The molecule has 2 aromatic heterocycles. The molecule has 8 heteroatoms. The number of carbonyl (C=O) groups excluding carboxylic acids is 1. The highest BCUT2D eigenvalue weighted by Crippen LogP contribution is 2.36. The van der Waals surface area contributed by atoms with Crippen molar-refractivity contribution in [3.63, 3.8) is 0 Å². The Morgan fingerprint density at radius 1 is 1.32 bits per heavy atom. The molecule has 146 valence electrons. The van der Waals surface area contributed by atoms with Gasteiger partial charge in [-0.2, -0.15) is 0 Å². The second-order valence-corrected chi connectivity index (χ2v) is 8.95. The van der Waals surface area contributed by atoms with Gasteiger partial charge in [-0.15, -0.1) is 11.3 Å². The van der Waals surface area contributed by atoms with Crippen LogP contribution in [0.3, 0.4) is 0 Å². The van der Waals surface area contributed by atoms with Gasteiger partial charge in [0, 0.05) is 10.9 Å². The average Bonchev–Trinajstić information content (AvgIpc) is 3.28. The maximum absolute atomic E-state index is 13.6. The second-order valence-electron chi connectivity index (χ2n) is 6.56. The molecule has 0 amide bonds. The molecule has 1 atom stereocenters. The summed E-state index contributed by atoms with van der Waals surface area (Å²) in [4.78, 5) is 32.3. The van der Waals surface area contributed by atoms with Gasteiger partial charge in [0.2, 0.25) is 0 Å². The lowest BCUT2D eigenvalue weighted by molar-refractivity contribution is -0.139. The van der Waals surface area contributed by atoms with E-state index < -0.39 is 5.25 Å². The number of rotatable bonds is 5. The third kappa shape index (κ3) is 3.20. The van der Waals surface area contributed by atoms with E-state index in [-0.39, 0.29) is 11.5 Å². The number of hydrogen-bond acceptors (Lipinski definition) is 7. The number of methoxy groups -OCH3 is 2. The Morgan fingerprint density at radius 3 is 2.89 bits per heavy atom. The number of hydrogen-bond donors (Lipinski definition) is 0. The van der Waals surface area contributed by atoms with E-state index in [2.05, 4.69) is 0 Å². The number of ether oxygens (including phenoxy) is 2. The highest BCUT2D eigenvalue weighted by atomic mass is 32.2. The number of thiophene rings is 1. The fourth-order valence-corrected chi connectivity index (χ4v) is 5.71. The predicted octanol–water partition coefficient (Wildman–Crippen LogP) is 3.60. The van der Waals surface area contributed by atoms with Crippen molar-refractivity contribution in [2.75, 3.05) is 14.2 Å². The van der Waals surface area contributed by atoms with Gasteiger partial charge in [-0.3, -0.25) is 14.2 Å². The van der Waals surface area contributed by atoms with E-state index in [1.807, 2.05) is 18.2 Å². The lowest BCUT2D eigenvalue weighted by atomic mass is 10.2. The van der Waals surface area contributed by atoms with Crippen molar-refractivity contribution < 1.29 is 14.3 Å². The van der Waals surface area contributed by atoms with Gasteiger partial charge < -0.3 is 9.47 Å². The smallest absolute Gasteiger partial charge is 0.318 e. The minimum Gasteiger partial charge on any atom is -0.497 e. The topological polar surface area (TPSA) is 70.4 Å². The first-order valence-electron chi connectivity index (χ1n) is 8.99. The SMILES string of the molecule is COC(=O)[C@@H](C)Sc1nc2sc3c(c2c(=O)n1-c1cccc(OC)c1)CCC3. The molecule has 0 saturated heterocycles. The Balaban J connectivity index is 1.95. The third-order valence-corrected chi connectivity index (χ3v) is 7.05. The van der Waals surface area contributed by atoms with E-state index >= 15 is 0 Å². The third-order valence-electron chi connectivity index (χ3n) is 4.83. The van der Waals surface area contributed by atoms with Gasteiger partial charge in [-0.05, 0) is 43.9 Å². The summed E-state index contributed by atoms with van der Waals surface area (Å²) in [7, 11) is 2.94. The predicted molar refractivity (Wildman–Crippen MR) is 111 cm³/mol. The molecule has 0 saturated carbocycles. The van der Waals surface area contributed by atoms with Crippen molar-refractivity contribution in [1.82, 2.24) is 9.55 Å². The van der Waals surface area contributed by atoms with Crippen LogP contribution in [0.2, 0.25) is 0 Å². The Morgan fingerprint density at radius 2 is 2.14 bits per heavy atom. The Kier molecular flexibility index (Phi) is 5.16. The maximum atomic E-state index is 13.6. The number of esters is 1. The number of carbonyl (C=O) groups is 1. The molecule has 1 aliphatic rings. The number of nitrogens with zero attached hydrogens (tertiary/aromatic N) is 2. The molecule has 0 bridgehead atoms. The lowest BCUT2D eigenvalue weighted by Crippen LogP contribution is -2.24. The first kappa shape index (κ1) is 19.0. The molecular weight excluding hydrogens is 396 g/mol. The van der Waals surface area contributed by atoms with Crippen LogP contribution in [0.15, 0.2) is 34.2 Å². The van der Waals surface area contributed by atoms with Crippen LogP contribution in [-0.2, 0) is 22.4 Å². The molecule has 0 N–H and O–H groups in total. The van der Waals surface area contributed by atoms with Gasteiger partial charge in [-0.1, -0.05) is 17.8 Å². The number of benzene rings is 1. The average molecular weight is 417 g/mol. The molecule has 1 aliphatic carbocycles. The fourth-order valence-electron chi connectivity index (χ4n) is 3.45. The molecule has 4 rings (SSSR count). The summed E-state index contributed by atoms with van der Waals surface area (Å²) in [5, 5.41) is 0.692. The second kappa shape index (κ2) is 7.60. The van der Waals surface area contributed by atoms with Gasteiger partial charge in [0.25, 0.3) is 5.56 Å². The zero-order valence-corrected chi connectivity index (χ0v) is 17.5. The van der Waals surface area contributed by atoms with Crippen molar-refractivity contribution in [3.05, 3.63) is 45.1 Å². The molecular formula is C20H20N2O4S2. The molecule has 0 unspecified atom stereocenters. The molecule has 0 spiro atoms. The quantitative estimate of drug-likeness (QED) is 0.360. The van der Waals surface area contributed by atoms with Crippen LogP contribution < -0.4 is 10.3 Å². The van der Waals surface area contributed by atoms with Crippen LogP contribution >= 0.6 is 23.1 Å². The first-order chi connectivity index (χ1) is 13.5. The number of thioether (sulfide) groups is 1. The highest BCUT2D eigenvalue weighted by Gasteiger charge is 2.26. The van der Waals surface area contributed by atoms with E-state index in [4.69, 9.17) is 14.5 Å². The Hall–Kier alpha value is -2.32. The lowest BCUT2D eigenvalue weighted by Gasteiger charge is -2.15. The fraction of sp³-hybridized carbons (Fsp3) is 0.350. The largest absolute Gasteiger partial charge is 0.497 e. The minimum absolute atomic E-state index is 0.0998. The van der Waals surface area contributed by atoms with E-state index in [9.17, 15) is 9.59 Å². The molecule has 0 radical (unpaired) electrons. The molecule has 3 aromatic rings. The molecule has 6 nitrogen and oxygen atoms in total. The van der Waals surface area contributed by atoms with Crippen LogP contribution in [0.1, 0.15) is 23.8 Å². The van der Waals surface area contributed by atoms with E-state index in [1.54, 1.807) is 36.0 Å². The number of aryl methyl sites for hydroxylation is 2. The Labute approximate surface area is 170 Å². The minimum atomic E-state index is -0.488. The molecule has 0 aliphatic heterocycles. The standard InChI is InChI=1S/C20H20N2O4S2/c1-11(19(24)26-3)27-20-21-17-16(14-8-5-9-15(14)28-17)18(23)22(20)12-6-4-7-13(10-12)25-2/h4,6-7,10-11H,5,8-9H2,1-3H3/t11-/m1/s1. The first-order valence-corrected chi connectivity index (χ1v) is 10.7. The van der Waals surface area contributed by atoms with Crippen LogP contribution in [0, 0.1) is 0 Å². The summed E-state index contributed by atoms with van der Waals surface area (Å²) < 4.78 is 11.7. The van der Waals surface area contributed by atoms with Crippen LogP contribution in [-0.4, -0.2) is 35.0 Å². The van der Waals surface area contributed by atoms with Gasteiger partial charge in [0.1, 0.15) is 15.8 Å². The van der Waals surface area contributed by atoms with Gasteiger partial charge in [0.15, 0.2) is 5.16 Å². The van der Waals surface area contributed by atoms with Crippen molar-refractivity contribution in [1.29, 1.82) is 0 Å². The van der Waals surface area contributed by atoms with E-state index in [1.165, 1.54) is 23.7 Å².